The van der Waals surface area contributed by atoms with Gasteiger partial charge in [0.1, 0.15) is 29.0 Å². The lowest BCUT2D eigenvalue weighted by Crippen LogP contribution is -2.52. The largest absolute Gasteiger partial charge is 0.481 e. The molecule has 2 rings (SSSR count). The van der Waals surface area contributed by atoms with E-state index >= 15 is 0 Å². The van der Waals surface area contributed by atoms with Gasteiger partial charge in [0.15, 0.2) is 9.84 Å². The van der Waals surface area contributed by atoms with E-state index in [1.807, 2.05) is 0 Å². The van der Waals surface area contributed by atoms with Gasteiger partial charge in [-0.05, 0) is 45.9 Å². The van der Waals surface area contributed by atoms with Gasteiger partial charge >= 0.3 is 17.6 Å². The number of aliphatic hydroxyl groups is 1. The fourth-order valence-corrected chi connectivity index (χ4v) is 4.04. The number of carbonyl (C=O) groups is 2. The van der Waals surface area contributed by atoms with Crippen LogP contribution in [0, 0.1) is 27.4 Å². The van der Waals surface area contributed by atoms with Crippen LogP contribution < -0.4 is 10.6 Å². The third-order valence-corrected chi connectivity index (χ3v) is 5.82. The van der Waals surface area contributed by atoms with Crippen molar-refractivity contribution in [2.75, 3.05) is 6.26 Å². The first-order valence-corrected chi connectivity index (χ1v) is 12.4. The Balaban J connectivity index is 2.77. The number of esters is 1. The molecular weight excluding hydrogens is 514 g/mol. The van der Waals surface area contributed by atoms with Crippen molar-refractivity contribution in [3.63, 3.8) is 0 Å². The van der Waals surface area contributed by atoms with E-state index in [1.165, 1.54) is 0 Å². The van der Waals surface area contributed by atoms with Crippen LogP contribution >= 0.6 is 0 Å². The maximum absolute atomic E-state index is 12.6. The molecule has 3 atom stereocenters. The average Bonchev–Trinajstić information content (AvgIpc) is 2.72. The van der Waals surface area contributed by atoms with E-state index in [0.29, 0.717) is 11.3 Å². The van der Waals surface area contributed by atoms with Crippen LogP contribution in [0.2, 0.25) is 0 Å². The molecule has 0 saturated carbocycles. The lowest BCUT2D eigenvalue weighted by Gasteiger charge is -2.31. The normalized spacial score (nSPS) is 17.8. The van der Waals surface area contributed by atoms with Gasteiger partial charge in [0.25, 0.3) is 5.88 Å². The fourth-order valence-electron chi connectivity index (χ4n) is 3.23. The Hall–Kier alpha value is -4.07. The summed E-state index contributed by atoms with van der Waals surface area (Å²) in [5, 5.41) is 41.3. The molecule has 1 aliphatic rings. The molecule has 4 N–H and O–H groups in total. The van der Waals surface area contributed by atoms with Crippen LogP contribution in [0.5, 0.6) is 5.75 Å². The second-order valence-electron chi connectivity index (χ2n) is 8.97. The quantitative estimate of drug-likeness (QED) is 0.175. The topological polar surface area (TPSA) is 236 Å². The van der Waals surface area contributed by atoms with E-state index in [0.717, 1.165) is 25.1 Å². The number of nitro groups is 1. The van der Waals surface area contributed by atoms with Gasteiger partial charge in [-0.2, -0.15) is 5.26 Å². The molecule has 1 heterocycles. The Kier molecular flexibility index (Phi) is 8.28. The van der Waals surface area contributed by atoms with Crippen LogP contribution in [0.4, 0.5) is 0 Å². The van der Waals surface area contributed by atoms with Crippen molar-refractivity contribution in [1.82, 2.24) is 5.01 Å². The van der Waals surface area contributed by atoms with E-state index in [9.17, 15) is 43.6 Å². The van der Waals surface area contributed by atoms with Gasteiger partial charge in [-0.1, -0.05) is 0 Å². The first kappa shape index (κ1) is 29.2. The molecule has 0 bridgehead atoms. The molecule has 1 aromatic rings. The zero-order chi connectivity index (χ0) is 28.5. The number of carboxylic acids is 1. The number of ether oxygens (including phenoxy) is 2. The number of aliphatic hydroxyl groups excluding tert-OH is 1. The molecule has 1 aromatic carbocycles. The molecule has 0 fully saturated rings. The summed E-state index contributed by atoms with van der Waals surface area (Å²) in [6.07, 6.45) is -1.03. The molecule has 0 spiro atoms. The fraction of sp³-hybridized carbons (Fsp3) is 0.429. The first-order chi connectivity index (χ1) is 16.9. The highest BCUT2D eigenvalue weighted by molar-refractivity contribution is 7.91. The molecular formula is C21H25N5O10S. The number of nitrogens with two attached hydrogens (primary N) is 1. The van der Waals surface area contributed by atoms with Gasteiger partial charge in [-0.15, -0.1) is 0 Å². The standard InChI is InChI=1S/C21H25N5O10S/c1-10(27)14(18(28)29)15-16(26(31)32)17(25(23)20(24-15)37(5,33)34)35-12-7-6-11(9-22)13(8-12)19(30)36-21(2,3)4/h6-8,10,14,20,27H,23H2,1-5H3,(H,28,29). The molecule has 1 aliphatic heterocycles. The van der Waals surface area contributed by atoms with Crippen molar-refractivity contribution < 1.29 is 42.6 Å². The summed E-state index contributed by atoms with van der Waals surface area (Å²) in [5.41, 5.74) is -5.39. The Morgan fingerprint density at radius 1 is 1.35 bits per heavy atom. The predicted molar refractivity (Wildman–Crippen MR) is 126 cm³/mol. The summed E-state index contributed by atoms with van der Waals surface area (Å²) in [7, 11) is -4.23. The summed E-state index contributed by atoms with van der Waals surface area (Å²) in [6, 6.07) is 5.13. The lowest BCUT2D eigenvalue weighted by atomic mass is 9.95. The number of aliphatic imine (C=N–C) groups is 1. The number of sulfone groups is 1. The summed E-state index contributed by atoms with van der Waals surface area (Å²) < 4.78 is 35.5. The zero-order valence-electron chi connectivity index (χ0n) is 20.4. The third kappa shape index (κ3) is 6.58. The van der Waals surface area contributed by atoms with Crippen LogP contribution in [-0.2, 0) is 19.4 Å². The minimum atomic E-state index is -4.23. The van der Waals surface area contributed by atoms with Gasteiger partial charge in [-0.25, -0.2) is 29.1 Å². The van der Waals surface area contributed by atoms with Crippen molar-refractivity contribution >= 4 is 27.5 Å². The van der Waals surface area contributed by atoms with E-state index < -0.39 is 67.1 Å². The monoisotopic (exact) mass is 539 g/mol. The van der Waals surface area contributed by atoms with Gasteiger partial charge < -0.3 is 19.7 Å². The van der Waals surface area contributed by atoms with Crippen molar-refractivity contribution in [3.05, 3.63) is 51.0 Å². The molecule has 0 amide bonds. The highest BCUT2D eigenvalue weighted by Crippen LogP contribution is 2.30. The number of benzene rings is 1. The van der Waals surface area contributed by atoms with Crippen molar-refractivity contribution in [2.45, 2.75) is 44.9 Å². The van der Waals surface area contributed by atoms with E-state index in [4.69, 9.17) is 15.3 Å². The number of carbonyl (C=O) groups excluding carboxylic acids is 1. The number of carboxylic acid groups (broad SMARTS) is 1. The van der Waals surface area contributed by atoms with Gasteiger partial charge in [-0.3, -0.25) is 14.9 Å². The first-order valence-electron chi connectivity index (χ1n) is 10.4. The van der Waals surface area contributed by atoms with E-state index in [-0.39, 0.29) is 16.9 Å². The molecule has 16 heteroatoms. The van der Waals surface area contributed by atoms with Crippen molar-refractivity contribution in [3.8, 4) is 11.8 Å². The Labute approximate surface area is 211 Å². The number of rotatable bonds is 8. The second-order valence-corrected chi connectivity index (χ2v) is 11.0. The number of aliphatic carboxylic acids is 1. The van der Waals surface area contributed by atoms with Crippen molar-refractivity contribution in [2.24, 2.45) is 16.8 Å². The number of nitriles is 1. The van der Waals surface area contributed by atoms with E-state index in [1.54, 1.807) is 26.8 Å². The molecule has 15 nitrogen and oxygen atoms in total. The van der Waals surface area contributed by atoms with Crippen molar-refractivity contribution in [1.29, 1.82) is 5.26 Å². The summed E-state index contributed by atoms with van der Waals surface area (Å²) in [6.45, 7) is 5.80. The minimum absolute atomic E-state index is 0.116. The highest BCUT2D eigenvalue weighted by Gasteiger charge is 2.48. The van der Waals surface area contributed by atoms with Gasteiger partial charge in [0.05, 0.1) is 22.2 Å². The molecule has 0 radical (unpaired) electrons. The van der Waals surface area contributed by atoms with E-state index in [2.05, 4.69) is 4.99 Å². The molecule has 3 unspecified atom stereocenters. The van der Waals surface area contributed by atoms with Crippen LogP contribution in [0.25, 0.3) is 0 Å². The SMILES string of the molecule is CC(O)C(C(=O)O)C1=NC(S(C)(=O)=O)N(N)C(Oc2ccc(C#N)c(C(=O)OC(C)(C)C)c2)=C1[N+](=O)[O-]. The van der Waals surface area contributed by atoms with Gasteiger partial charge in [0, 0.05) is 6.26 Å². The third-order valence-electron chi connectivity index (χ3n) is 4.72. The Morgan fingerprint density at radius 3 is 2.38 bits per heavy atom. The highest BCUT2D eigenvalue weighted by atomic mass is 32.2. The Morgan fingerprint density at radius 2 is 1.95 bits per heavy atom. The summed E-state index contributed by atoms with van der Waals surface area (Å²) >= 11 is 0. The molecule has 0 aliphatic carbocycles. The minimum Gasteiger partial charge on any atom is -0.481 e. The summed E-state index contributed by atoms with van der Waals surface area (Å²) in [4.78, 5) is 39.0. The van der Waals surface area contributed by atoms with Crippen LogP contribution in [0.15, 0.2) is 34.8 Å². The zero-order valence-corrected chi connectivity index (χ0v) is 21.2. The average molecular weight is 540 g/mol. The predicted octanol–water partition coefficient (Wildman–Crippen LogP) is 0.378. The number of hydrazine groups is 1. The smallest absolute Gasteiger partial charge is 0.352 e. The molecule has 37 heavy (non-hydrogen) atoms. The molecule has 0 saturated heterocycles. The van der Waals surface area contributed by atoms with Crippen LogP contribution in [0.1, 0.15) is 43.6 Å². The molecule has 0 aromatic heterocycles. The Bertz CT molecular complexity index is 1340. The van der Waals surface area contributed by atoms with Gasteiger partial charge in [0.2, 0.25) is 5.50 Å². The van der Waals surface area contributed by atoms with Crippen LogP contribution in [0.3, 0.4) is 0 Å². The second kappa shape index (κ2) is 10.5. The molecule has 200 valence electrons. The summed E-state index contributed by atoms with van der Waals surface area (Å²) in [5.74, 6) is -0.0525. The lowest BCUT2D eigenvalue weighted by molar-refractivity contribution is -0.420. The maximum atomic E-state index is 12.6. The number of hydrogen-bond acceptors (Lipinski definition) is 13. The number of nitrogens with zero attached hydrogens (tertiary/aromatic N) is 4. The number of hydrogen-bond donors (Lipinski definition) is 3. The number of allylic oxidation sites excluding steroid dienone is 1. The van der Waals surface area contributed by atoms with Crippen LogP contribution in [-0.4, -0.2) is 69.7 Å². The maximum Gasteiger partial charge on any atom is 0.352 e.